The third-order valence-corrected chi connectivity index (χ3v) is 6.70. The maximum atomic E-state index is 12.5. The minimum atomic E-state index is -3.27. The molecule has 1 aromatic rings. The summed E-state index contributed by atoms with van der Waals surface area (Å²) in [4.78, 5) is 16.7. The first-order chi connectivity index (χ1) is 12.8. The number of hydrogen-bond acceptors (Lipinski definition) is 5. The van der Waals surface area contributed by atoms with E-state index in [1.165, 1.54) is 0 Å². The number of rotatable bonds is 9. The van der Waals surface area contributed by atoms with Crippen LogP contribution >= 0.6 is 0 Å². The van der Waals surface area contributed by atoms with Gasteiger partial charge in [0.1, 0.15) is 0 Å². The molecule has 0 atom stereocenters. The van der Waals surface area contributed by atoms with E-state index in [9.17, 15) is 13.2 Å². The third-order valence-electron chi connectivity index (χ3n) is 4.80. The third kappa shape index (κ3) is 6.77. The highest BCUT2D eigenvalue weighted by atomic mass is 32.2. The predicted molar refractivity (Wildman–Crippen MR) is 106 cm³/mol. The summed E-state index contributed by atoms with van der Waals surface area (Å²) in [6.07, 6.45) is 6.33. The molecule has 8 heteroatoms. The first-order valence-electron chi connectivity index (χ1n) is 9.72. The molecule has 152 valence electrons. The van der Waals surface area contributed by atoms with Gasteiger partial charge in [0.2, 0.25) is 21.8 Å². The number of sulfonamides is 1. The van der Waals surface area contributed by atoms with Gasteiger partial charge >= 0.3 is 0 Å². The van der Waals surface area contributed by atoms with Crippen LogP contribution in [0.5, 0.6) is 5.88 Å². The standard InChI is InChI=1S/C19H31N3O4S/c1-4-5-12-26-18-11-10-17(13-20-18)21-19(23)15-6-8-16(9-7-15)22-27(24,25)14(2)3/h10-11,13-16,22H,4-9,12H2,1-3H3,(H,21,23). The molecule has 1 heterocycles. The highest BCUT2D eigenvalue weighted by molar-refractivity contribution is 7.90. The van der Waals surface area contributed by atoms with Gasteiger partial charge in [0.15, 0.2) is 0 Å². The normalized spacial score (nSPS) is 20.4. The zero-order valence-corrected chi connectivity index (χ0v) is 17.2. The summed E-state index contributed by atoms with van der Waals surface area (Å²) in [5, 5.41) is 2.45. The fourth-order valence-electron chi connectivity index (χ4n) is 2.95. The molecule has 0 saturated heterocycles. The smallest absolute Gasteiger partial charge is 0.227 e. The monoisotopic (exact) mass is 397 g/mol. The van der Waals surface area contributed by atoms with Crippen LogP contribution in [0.3, 0.4) is 0 Å². The van der Waals surface area contributed by atoms with Crippen LogP contribution in [0.4, 0.5) is 5.69 Å². The van der Waals surface area contributed by atoms with Crippen LogP contribution in [0.1, 0.15) is 59.3 Å². The summed E-state index contributed by atoms with van der Waals surface area (Å²) in [7, 11) is -3.27. The lowest BCUT2D eigenvalue weighted by molar-refractivity contribution is -0.120. The molecule has 1 fully saturated rings. The van der Waals surface area contributed by atoms with Crippen molar-refractivity contribution in [1.82, 2.24) is 9.71 Å². The lowest BCUT2D eigenvalue weighted by Gasteiger charge is -2.28. The van der Waals surface area contributed by atoms with Crippen LogP contribution in [0.15, 0.2) is 18.3 Å². The zero-order chi connectivity index (χ0) is 19.9. The quantitative estimate of drug-likeness (QED) is 0.624. The lowest BCUT2D eigenvalue weighted by atomic mass is 9.86. The average Bonchev–Trinajstić information content (AvgIpc) is 2.63. The lowest BCUT2D eigenvalue weighted by Crippen LogP contribution is -2.42. The molecule has 0 aliphatic heterocycles. The predicted octanol–water partition coefficient (Wildman–Crippen LogP) is 3.09. The van der Waals surface area contributed by atoms with Gasteiger partial charge in [0, 0.05) is 18.0 Å². The maximum absolute atomic E-state index is 12.5. The molecule has 1 aliphatic rings. The van der Waals surface area contributed by atoms with Crippen LogP contribution < -0.4 is 14.8 Å². The van der Waals surface area contributed by atoms with Crippen molar-refractivity contribution in [3.63, 3.8) is 0 Å². The average molecular weight is 398 g/mol. The van der Waals surface area contributed by atoms with Crippen molar-refractivity contribution in [2.75, 3.05) is 11.9 Å². The van der Waals surface area contributed by atoms with E-state index >= 15 is 0 Å². The number of hydrogen-bond donors (Lipinski definition) is 2. The summed E-state index contributed by atoms with van der Waals surface area (Å²) in [5.74, 6) is 0.409. The number of ether oxygens (including phenoxy) is 1. The van der Waals surface area contributed by atoms with Crippen molar-refractivity contribution >= 4 is 21.6 Å². The van der Waals surface area contributed by atoms with Gasteiger partial charge in [0.25, 0.3) is 0 Å². The Kier molecular flexibility index (Phi) is 8.04. The van der Waals surface area contributed by atoms with E-state index < -0.39 is 15.3 Å². The number of unbranched alkanes of at least 4 members (excludes halogenated alkanes) is 1. The van der Waals surface area contributed by atoms with E-state index in [0.29, 0.717) is 43.9 Å². The molecule has 0 unspecified atom stereocenters. The van der Waals surface area contributed by atoms with Crippen molar-refractivity contribution in [2.24, 2.45) is 5.92 Å². The van der Waals surface area contributed by atoms with Crippen LogP contribution in [0.25, 0.3) is 0 Å². The van der Waals surface area contributed by atoms with Gasteiger partial charge in [-0.3, -0.25) is 4.79 Å². The molecule has 0 radical (unpaired) electrons. The van der Waals surface area contributed by atoms with Gasteiger partial charge < -0.3 is 10.1 Å². The molecule has 2 rings (SSSR count). The van der Waals surface area contributed by atoms with Gasteiger partial charge in [-0.1, -0.05) is 13.3 Å². The van der Waals surface area contributed by atoms with Crippen molar-refractivity contribution in [3.8, 4) is 5.88 Å². The minimum Gasteiger partial charge on any atom is -0.478 e. The molecule has 2 N–H and O–H groups in total. The van der Waals surface area contributed by atoms with Crippen molar-refractivity contribution in [3.05, 3.63) is 18.3 Å². The van der Waals surface area contributed by atoms with Gasteiger partial charge in [-0.25, -0.2) is 18.1 Å². The second kappa shape index (κ2) is 10.0. The summed E-state index contributed by atoms with van der Waals surface area (Å²) in [5.41, 5.74) is 0.644. The van der Waals surface area contributed by atoms with Crippen LogP contribution in [0, 0.1) is 5.92 Å². The number of nitrogens with one attached hydrogen (secondary N) is 2. The number of amides is 1. The Bertz CT molecular complexity index is 696. The summed E-state index contributed by atoms with van der Waals surface area (Å²) in [6, 6.07) is 3.46. The number of anilines is 1. The van der Waals surface area contributed by atoms with Gasteiger partial charge in [-0.15, -0.1) is 0 Å². The molecule has 1 aromatic heterocycles. The van der Waals surface area contributed by atoms with Crippen LogP contribution in [-0.4, -0.2) is 37.2 Å². The molecule has 0 bridgehead atoms. The van der Waals surface area contributed by atoms with Crippen LogP contribution in [0.2, 0.25) is 0 Å². The fourth-order valence-corrected chi connectivity index (χ4v) is 3.92. The molecule has 1 aliphatic carbocycles. The molecular weight excluding hydrogens is 366 g/mol. The molecule has 1 amide bonds. The maximum Gasteiger partial charge on any atom is 0.227 e. The van der Waals surface area contributed by atoms with Gasteiger partial charge in [0.05, 0.1) is 23.7 Å². The zero-order valence-electron chi connectivity index (χ0n) is 16.4. The summed E-state index contributed by atoms with van der Waals surface area (Å²) in [6.45, 7) is 6.06. The van der Waals surface area contributed by atoms with E-state index in [1.54, 1.807) is 32.2 Å². The van der Waals surface area contributed by atoms with Gasteiger partial charge in [-0.05, 0) is 52.0 Å². The summed E-state index contributed by atoms with van der Waals surface area (Å²) >= 11 is 0. The molecular formula is C19H31N3O4S. The Morgan fingerprint density at radius 2 is 1.96 bits per heavy atom. The highest BCUT2D eigenvalue weighted by Gasteiger charge is 2.29. The Hall–Kier alpha value is -1.67. The van der Waals surface area contributed by atoms with Crippen molar-refractivity contribution in [2.45, 2.75) is 70.6 Å². The summed E-state index contributed by atoms with van der Waals surface area (Å²) < 4.78 is 32.2. The molecule has 7 nitrogen and oxygen atoms in total. The number of pyridine rings is 1. The van der Waals surface area contributed by atoms with E-state index in [1.807, 2.05) is 0 Å². The number of carbonyl (C=O) groups excluding carboxylic acids is 1. The first kappa shape index (κ1) is 21.6. The topological polar surface area (TPSA) is 97.4 Å². The second-order valence-corrected chi connectivity index (χ2v) is 9.61. The molecule has 1 saturated carbocycles. The number of carbonyl (C=O) groups is 1. The Balaban J connectivity index is 1.79. The Morgan fingerprint density at radius 3 is 2.52 bits per heavy atom. The van der Waals surface area contributed by atoms with E-state index in [-0.39, 0.29) is 17.9 Å². The Labute approximate surface area is 162 Å². The second-order valence-electron chi connectivity index (χ2n) is 7.34. The first-order valence-corrected chi connectivity index (χ1v) is 11.3. The number of aromatic nitrogens is 1. The van der Waals surface area contributed by atoms with E-state index in [0.717, 1.165) is 12.8 Å². The van der Waals surface area contributed by atoms with E-state index in [4.69, 9.17) is 4.74 Å². The SMILES string of the molecule is CCCCOc1ccc(NC(=O)C2CCC(NS(=O)(=O)C(C)C)CC2)cn1. The highest BCUT2D eigenvalue weighted by Crippen LogP contribution is 2.26. The largest absolute Gasteiger partial charge is 0.478 e. The molecule has 27 heavy (non-hydrogen) atoms. The van der Waals surface area contributed by atoms with Crippen molar-refractivity contribution < 1.29 is 17.9 Å². The minimum absolute atomic E-state index is 0.0402. The fraction of sp³-hybridized carbons (Fsp3) is 0.684. The number of nitrogens with zero attached hydrogens (tertiary/aromatic N) is 1. The van der Waals surface area contributed by atoms with Crippen molar-refractivity contribution in [1.29, 1.82) is 0 Å². The van der Waals surface area contributed by atoms with Gasteiger partial charge in [-0.2, -0.15) is 0 Å². The Morgan fingerprint density at radius 1 is 1.26 bits per heavy atom. The van der Waals surface area contributed by atoms with Crippen LogP contribution in [-0.2, 0) is 14.8 Å². The van der Waals surface area contributed by atoms with E-state index in [2.05, 4.69) is 21.9 Å². The molecule has 0 aromatic carbocycles. The molecule has 0 spiro atoms.